The molecule has 1 amide bonds. The summed E-state index contributed by atoms with van der Waals surface area (Å²) in [6, 6.07) is 3.29. The lowest BCUT2D eigenvalue weighted by Crippen LogP contribution is -2.39. The molecule has 18 heavy (non-hydrogen) atoms. The zero-order chi connectivity index (χ0) is 13.5. The van der Waals surface area contributed by atoms with Gasteiger partial charge in [0.2, 0.25) is 5.88 Å². The molecular weight excluding hydrogens is 232 g/mol. The van der Waals surface area contributed by atoms with Gasteiger partial charge in [0.05, 0.1) is 7.11 Å². The molecule has 100 valence electrons. The molecule has 2 N–H and O–H groups in total. The van der Waals surface area contributed by atoms with Crippen molar-refractivity contribution >= 4 is 5.91 Å². The number of nitrogens with zero attached hydrogens (tertiary/aromatic N) is 1. The van der Waals surface area contributed by atoms with Crippen molar-refractivity contribution in [3.63, 3.8) is 0 Å². The third-order valence-corrected chi connectivity index (χ3v) is 2.77. The first-order chi connectivity index (χ1) is 8.60. The fourth-order valence-electron chi connectivity index (χ4n) is 1.68. The quantitative estimate of drug-likeness (QED) is 0.798. The van der Waals surface area contributed by atoms with Crippen LogP contribution in [0.25, 0.3) is 0 Å². The highest BCUT2D eigenvalue weighted by Gasteiger charge is 2.19. The predicted octanol–water partition coefficient (Wildman–Crippen LogP) is 1.23. The molecule has 5 heteroatoms. The summed E-state index contributed by atoms with van der Waals surface area (Å²) in [7, 11) is 1.48. The summed E-state index contributed by atoms with van der Waals surface area (Å²) in [6.07, 6.45) is 2.11. The van der Waals surface area contributed by atoms with Gasteiger partial charge in [0.1, 0.15) is 5.56 Å². The number of rotatable bonds is 6. The molecule has 0 saturated heterocycles. The number of methoxy groups -OCH3 is 1. The lowest BCUT2D eigenvalue weighted by molar-refractivity contribution is 0.0913. The summed E-state index contributed by atoms with van der Waals surface area (Å²) < 4.78 is 5.05. The second-order valence-electron chi connectivity index (χ2n) is 4.40. The number of aliphatic hydroxyl groups is 1. The van der Waals surface area contributed by atoms with Crippen LogP contribution in [0.4, 0.5) is 0 Å². The van der Waals surface area contributed by atoms with Gasteiger partial charge in [-0.05, 0) is 24.5 Å². The highest BCUT2D eigenvalue weighted by molar-refractivity contribution is 5.96. The first-order valence-corrected chi connectivity index (χ1v) is 6.00. The number of aromatic nitrogens is 1. The van der Waals surface area contributed by atoms with E-state index in [0.29, 0.717) is 17.9 Å². The highest BCUT2D eigenvalue weighted by Crippen LogP contribution is 2.15. The summed E-state index contributed by atoms with van der Waals surface area (Å²) in [5.74, 6) is 0.331. The van der Waals surface area contributed by atoms with E-state index in [2.05, 4.69) is 10.3 Å². The van der Waals surface area contributed by atoms with Crippen molar-refractivity contribution < 1.29 is 14.6 Å². The Balaban J connectivity index is 2.80. The van der Waals surface area contributed by atoms with Crippen molar-refractivity contribution in [1.82, 2.24) is 10.3 Å². The van der Waals surface area contributed by atoms with E-state index in [4.69, 9.17) is 9.84 Å². The highest BCUT2D eigenvalue weighted by atomic mass is 16.5. The van der Waals surface area contributed by atoms with E-state index in [1.54, 1.807) is 18.3 Å². The number of carbonyl (C=O) groups excluding carboxylic acids is 1. The molecule has 0 aliphatic heterocycles. The molecule has 1 aromatic rings. The first-order valence-electron chi connectivity index (χ1n) is 6.00. The summed E-state index contributed by atoms with van der Waals surface area (Å²) in [5, 5.41) is 11.9. The average molecular weight is 252 g/mol. The molecule has 1 atom stereocenters. The molecule has 5 nitrogen and oxygen atoms in total. The maximum absolute atomic E-state index is 12.1. The van der Waals surface area contributed by atoms with Gasteiger partial charge in [0, 0.05) is 18.8 Å². The summed E-state index contributed by atoms with van der Waals surface area (Å²) in [4.78, 5) is 16.1. The van der Waals surface area contributed by atoms with E-state index >= 15 is 0 Å². The van der Waals surface area contributed by atoms with Gasteiger partial charge in [-0.3, -0.25) is 4.79 Å². The van der Waals surface area contributed by atoms with Crippen LogP contribution in [0.3, 0.4) is 0 Å². The first kappa shape index (κ1) is 14.4. The van der Waals surface area contributed by atoms with Gasteiger partial charge < -0.3 is 15.2 Å². The lowest BCUT2D eigenvalue weighted by atomic mass is 10.0. The maximum atomic E-state index is 12.1. The number of nitrogens with one attached hydrogen (secondary N) is 1. The van der Waals surface area contributed by atoms with Crippen LogP contribution in [0.2, 0.25) is 0 Å². The van der Waals surface area contributed by atoms with Crippen molar-refractivity contribution in [2.75, 3.05) is 13.7 Å². The van der Waals surface area contributed by atoms with Crippen molar-refractivity contribution in [3.05, 3.63) is 23.9 Å². The topological polar surface area (TPSA) is 71.5 Å². The summed E-state index contributed by atoms with van der Waals surface area (Å²) in [6.45, 7) is 4.05. The third-order valence-electron chi connectivity index (χ3n) is 2.77. The molecular formula is C13H20N2O3. The predicted molar refractivity (Wildman–Crippen MR) is 68.6 cm³/mol. The zero-order valence-electron chi connectivity index (χ0n) is 11.0. The van der Waals surface area contributed by atoms with Gasteiger partial charge in [-0.15, -0.1) is 0 Å². The number of hydrogen-bond donors (Lipinski definition) is 2. The SMILES string of the molecule is COc1ncccc1C(=O)NC(CCO)C(C)C. The molecule has 0 fully saturated rings. The van der Waals surface area contributed by atoms with E-state index in [1.807, 2.05) is 13.8 Å². The Kier molecular flexibility index (Phi) is 5.58. The molecule has 0 saturated carbocycles. The van der Waals surface area contributed by atoms with Crippen LogP contribution in [-0.2, 0) is 0 Å². The Morgan fingerprint density at radius 1 is 1.56 bits per heavy atom. The third kappa shape index (κ3) is 3.70. The van der Waals surface area contributed by atoms with E-state index in [9.17, 15) is 4.79 Å². The van der Waals surface area contributed by atoms with E-state index in [0.717, 1.165) is 0 Å². The second-order valence-corrected chi connectivity index (χ2v) is 4.40. The summed E-state index contributed by atoms with van der Waals surface area (Å²) in [5.41, 5.74) is 0.406. The number of amides is 1. The fraction of sp³-hybridized carbons (Fsp3) is 0.538. The standard InChI is InChI=1S/C13H20N2O3/c1-9(2)11(6-8-16)15-12(17)10-5-4-7-14-13(10)18-3/h4-5,7,9,11,16H,6,8H2,1-3H3,(H,15,17). The van der Waals surface area contributed by atoms with Crippen LogP contribution >= 0.6 is 0 Å². The van der Waals surface area contributed by atoms with Crippen LogP contribution in [0.1, 0.15) is 30.6 Å². The van der Waals surface area contributed by atoms with Crippen molar-refractivity contribution in [1.29, 1.82) is 0 Å². The van der Waals surface area contributed by atoms with Gasteiger partial charge in [-0.1, -0.05) is 13.8 Å². The number of carbonyl (C=O) groups is 1. The normalized spacial score (nSPS) is 12.3. The smallest absolute Gasteiger partial charge is 0.256 e. The second kappa shape index (κ2) is 6.96. The van der Waals surface area contributed by atoms with Crippen LogP contribution in [0.5, 0.6) is 5.88 Å². The molecule has 1 aromatic heterocycles. The molecule has 0 aliphatic carbocycles. The Hall–Kier alpha value is -1.62. The van der Waals surface area contributed by atoms with Gasteiger partial charge in [-0.2, -0.15) is 0 Å². The largest absolute Gasteiger partial charge is 0.480 e. The fourth-order valence-corrected chi connectivity index (χ4v) is 1.68. The minimum Gasteiger partial charge on any atom is -0.480 e. The number of ether oxygens (including phenoxy) is 1. The lowest BCUT2D eigenvalue weighted by Gasteiger charge is -2.21. The Morgan fingerprint density at radius 3 is 2.83 bits per heavy atom. The molecule has 0 spiro atoms. The Morgan fingerprint density at radius 2 is 2.28 bits per heavy atom. The van der Waals surface area contributed by atoms with E-state index < -0.39 is 0 Å². The molecule has 0 aliphatic rings. The summed E-state index contributed by atoms with van der Waals surface area (Å²) >= 11 is 0. The molecule has 0 bridgehead atoms. The van der Waals surface area contributed by atoms with Gasteiger partial charge >= 0.3 is 0 Å². The van der Waals surface area contributed by atoms with Crippen molar-refractivity contribution in [2.45, 2.75) is 26.3 Å². The van der Waals surface area contributed by atoms with Gasteiger partial charge in [-0.25, -0.2) is 4.98 Å². The number of aliphatic hydroxyl groups excluding tert-OH is 1. The maximum Gasteiger partial charge on any atom is 0.256 e. The molecule has 1 heterocycles. The van der Waals surface area contributed by atoms with E-state index in [1.165, 1.54) is 7.11 Å². The number of pyridine rings is 1. The zero-order valence-corrected chi connectivity index (χ0v) is 11.0. The molecule has 1 rings (SSSR count). The van der Waals surface area contributed by atoms with Crippen LogP contribution in [0.15, 0.2) is 18.3 Å². The van der Waals surface area contributed by atoms with E-state index in [-0.39, 0.29) is 24.5 Å². The molecule has 1 unspecified atom stereocenters. The Labute approximate surface area is 107 Å². The molecule has 0 radical (unpaired) electrons. The van der Waals surface area contributed by atoms with Gasteiger partial charge in [0.15, 0.2) is 0 Å². The minimum atomic E-state index is -0.230. The monoisotopic (exact) mass is 252 g/mol. The van der Waals surface area contributed by atoms with Gasteiger partial charge in [0.25, 0.3) is 5.91 Å². The minimum absolute atomic E-state index is 0.0489. The van der Waals surface area contributed by atoms with Crippen molar-refractivity contribution in [3.8, 4) is 5.88 Å². The van der Waals surface area contributed by atoms with Crippen LogP contribution in [-0.4, -0.2) is 35.8 Å². The van der Waals surface area contributed by atoms with Crippen LogP contribution in [0, 0.1) is 5.92 Å². The van der Waals surface area contributed by atoms with Crippen LogP contribution < -0.4 is 10.1 Å². The van der Waals surface area contributed by atoms with Crippen molar-refractivity contribution in [2.24, 2.45) is 5.92 Å². The molecule has 0 aromatic carbocycles. The Bertz CT molecular complexity index is 394. The number of hydrogen-bond acceptors (Lipinski definition) is 4. The average Bonchev–Trinajstić information content (AvgIpc) is 2.37.